The highest BCUT2D eigenvalue weighted by Gasteiger charge is 2.32. The van der Waals surface area contributed by atoms with E-state index in [0.29, 0.717) is 6.39 Å². The molecule has 0 bridgehead atoms. The van der Waals surface area contributed by atoms with Gasteiger partial charge in [0.05, 0.1) is 27.6 Å². The Bertz CT molecular complexity index is 2180. The minimum absolute atomic E-state index is 0.141. The number of amides is 2. The topological polar surface area (TPSA) is 154 Å². The fourth-order valence-corrected chi connectivity index (χ4v) is 4.10. The summed E-state index contributed by atoms with van der Waals surface area (Å²) in [6, 6.07) is 6.47. The van der Waals surface area contributed by atoms with E-state index in [1.54, 1.807) is 0 Å². The van der Waals surface area contributed by atoms with Gasteiger partial charge in [-0.05, 0) is 50.1 Å². The summed E-state index contributed by atoms with van der Waals surface area (Å²) >= 11 is 0. The van der Waals surface area contributed by atoms with Gasteiger partial charge in [-0.15, -0.1) is 0 Å². The number of methoxy groups -OCH3 is 1. The molecule has 1 aromatic carbocycles. The van der Waals surface area contributed by atoms with Gasteiger partial charge in [0.2, 0.25) is 23.9 Å². The number of halogens is 4. The second kappa shape index (κ2) is 11.9. The fraction of sp³-hybridized carbons (Fsp3) is 0.241. The molecule has 5 rings (SSSR count). The number of aromatic nitrogens is 4. The van der Waals surface area contributed by atoms with Crippen LogP contribution in [-0.4, -0.2) is 58.8 Å². The predicted molar refractivity (Wildman–Crippen MR) is 149 cm³/mol. The highest BCUT2D eigenvalue weighted by atomic mass is 19.4. The molecule has 0 aliphatic rings. The molecule has 0 saturated carbocycles. The average Bonchev–Trinajstić information content (AvgIpc) is 3.72. The average molecular weight is 638 g/mol. The predicted octanol–water partition coefficient (Wildman–Crippen LogP) is 5.05. The van der Waals surface area contributed by atoms with Crippen molar-refractivity contribution in [2.75, 3.05) is 20.7 Å². The molecule has 0 spiro atoms. The number of hydrogen-bond donors (Lipinski definition) is 2. The van der Waals surface area contributed by atoms with Crippen molar-refractivity contribution in [1.82, 2.24) is 30.7 Å². The van der Waals surface area contributed by atoms with E-state index in [1.165, 1.54) is 19.2 Å². The molecular formula is C29H24F4N6O6. The normalized spacial score (nSPS) is 15.6. The first kappa shape index (κ1) is 21.2. The van der Waals surface area contributed by atoms with Crippen LogP contribution in [0.3, 0.4) is 0 Å². The number of rotatable bonds is 9. The van der Waals surface area contributed by atoms with Crippen LogP contribution in [0.2, 0.25) is 0 Å². The molecule has 0 fully saturated rings. The minimum atomic E-state index is -4.92. The molecule has 0 radical (unpaired) electrons. The lowest BCUT2D eigenvalue weighted by Gasteiger charge is -2.23. The number of alkyl halides is 3. The van der Waals surface area contributed by atoms with Crippen LogP contribution < -0.4 is 20.1 Å². The van der Waals surface area contributed by atoms with Gasteiger partial charge in [-0.25, -0.2) is 9.37 Å². The van der Waals surface area contributed by atoms with Gasteiger partial charge in [0.25, 0.3) is 11.8 Å². The summed E-state index contributed by atoms with van der Waals surface area (Å²) in [6.45, 7) is -9.19. The van der Waals surface area contributed by atoms with Crippen molar-refractivity contribution in [2.24, 2.45) is 0 Å². The number of carbonyl (C=O) groups excluding carboxylic acids is 2. The van der Waals surface area contributed by atoms with E-state index in [4.69, 9.17) is 26.2 Å². The van der Waals surface area contributed by atoms with E-state index in [-0.39, 0.29) is 27.8 Å². The molecule has 0 aliphatic heterocycles. The van der Waals surface area contributed by atoms with Gasteiger partial charge in [-0.1, -0.05) is 5.16 Å². The number of pyridine rings is 2. The van der Waals surface area contributed by atoms with E-state index in [1.807, 2.05) is 5.32 Å². The smallest absolute Gasteiger partial charge is 0.422 e. The molecule has 4 aromatic heterocycles. The molecule has 0 aliphatic carbocycles. The summed E-state index contributed by atoms with van der Waals surface area (Å²) in [4.78, 5) is 38.5. The third kappa shape index (κ3) is 6.39. The number of furan rings is 1. The number of ether oxygens (including phenoxy) is 2. The third-order valence-electron chi connectivity index (χ3n) is 6.08. The Kier molecular flexibility index (Phi) is 5.59. The molecule has 12 nitrogen and oxygen atoms in total. The zero-order valence-corrected chi connectivity index (χ0v) is 22.6. The van der Waals surface area contributed by atoms with E-state index in [2.05, 4.69) is 29.9 Å². The standard InChI is InChI=1S/C29H24F4N6O6/c1-28(2,27-36-13-44-39-27)38-22(40)19-9-15(11-35-24(19)42-4)17-10-18-20(23(41)34-3)21(14-5-7-16(30)8-6-14)45-26(18)37-25(17)43-12-29(31,32)33/h5-11,13H,12H2,1-4H3,(H,34,41)(H,38,40)/i1D3,2D3,4D3. The highest BCUT2D eigenvalue weighted by Crippen LogP contribution is 2.40. The van der Waals surface area contributed by atoms with Crippen molar-refractivity contribution in [3.63, 3.8) is 0 Å². The molecule has 45 heavy (non-hydrogen) atoms. The number of nitrogens with one attached hydrogen (secondary N) is 2. The SMILES string of the molecule is [2H]C([2H])([2H])Oc1ncc(-c2cc3c(C(=O)NC)c(-c4ccc(F)cc4)oc3nc2OCC(F)(F)F)cc1C(=O)NC(c1ncon1)(C([2H])([2H])[2H])C([2H])([2H])[2H]. The quantitative estimate of drug-likeness (QED) is 0.210. The van der Waals surface area contributed by atoms with E-state index >= 15 is 0 Å². The lowest BCUT2D eigenvalue weighted by Crippen LogP contribution is -2.42. The van der Waals surface area contributed by atoms with Crippen LogP contribution in [0.15, 0.2) is 57.9 Å². The van der Waals surface area contributed by atoms with Crippen molar-refractivity contribution in [3.8, 4) is 34.2 Å². The second-order valence-electron chi connectivity index (χ2n) is 9.13. The first-order chi connectivity index (χ1) is 25.0. The van der Waals surface area contributed by atoms with E-state index in [9.17, 15) is 27.2 Å². The maximum Gasteiger partial charge on any atom is 0.422 e. The van der Waals surface area contributed by atoms with Gasteiger partial charge >= 0.3 is 6.18 Å². The van der Waals surface area contributed by atoms with Crippen LogP contribution in [0.1, 0.15) is 52.6 Å². The Morgan fingerprint density at radius 2 is 1.82 bits per heavy atom. The second-order valence-corrected chi connectivity index (χ2v) is 9.13. The first-order valence-corrected chi connectivity index (χ1v) is 12.4. The van der Waals surface area contributed by atoms with Crippen LogP contribution in [-0.2, 0) is 5.54 Å². The van der Waals surface area contributed by atoms with Crippen molar-refractivity contribution in [3.05, 3.63) is 71.8 Å². The van der Waals surface area contributed by atoms with Crippen LogP contribution in [0.5, 0.6) is 11.8 Å². The van der Waals surface area contributed by atoms with E-state index in [0.717, 1.165) is 30.5 Å². The van der Waals surface area contributed by atoms with Gasteiger partial charge in [-0.3, -0.25) is 9.59 Å². The minimum Gasteiger partial charge on any atom is -0.480 e. The van der Waals surface area contributed by atoms with Crippen molar-refractivity contribution in [2.45, 2.75) is 25.4 Å². The maximum atomic E-state index is 14.0. The van der Waals surface area contributed by atoms with Crippen LogP contribution >= 0.6 is 0 Å². The highest BCUT2D eigenvalue weighted by molar-refractivity contribution is 6.11. The fourth-order valence-electron chi connectivity index (χ4n) is 4.10. The number of nitrogens with zero attached hydrogens (tertiary/aromatic N) is 4. The monoisotopic (exact) mass is 637 g/mol. The maximum absolute atomic E-state index is 14.0. The van der Waals surface area contributed by atoms with Crippen LogP contribution in [0.25, 0.3) is 33.6 Å². The molecule has 234 valence electrons. The molecule has 5 aromatic rings. The number of benzene rings is 1. The van der Waals surface area contributed by atoms with Gasteiger partial charge < -0.3 is 29.0 Å². The Labute approximate surface area is 264 Å². The lowest BCUT2D eigenvalue weighted by molar-refractivity contribution is -0.154. The van der Waals surface area contributed by atoms with Gasteiger partial charge in [0, 0.05) is 38.2 Å². The lowest BCUT2D eigenvalue weighted by atomic mass is 10.0. The molecule has 4 heterocycles. The van der Waals surface area contributed by atoms with Crippen LogP contribution in [0, 0.1) is 5.82 Å². The van der Waals surface area contributed by atoms with Crippen LogP contribution in [0.4, 0.5) is 17.6 Å². The molecule has 0 unspecified atom stereocenters. The summed E-state index contributed by atoms with van der Waals surface area (Å²) in [5.74, 6) is -6.07. The third-order valence-corrected chi connectivity index (χ3v) is 6.08. The van der Waals surface area contributed by atoms with Crippen molar-refractivity contribution < 1.29 is 57.9 Å². The number of fused-ring (bicyclic) bond motifs is 1. The summed E-state index contributed by atoms with van der Waals surface area (Å²) in [6.07, 6.45) is -3.51. The molecular weight excluding hydrogens is 604 g/mol. The van der Waals surface area contributed by atoms with Gasteiger partial charge in [0.1, 0.15) is 17.1 Å². The van der Waals surface area contributed by atoms with Gasteiger partial charge in [0.15, 0.2) is 12.4 Å². The Balaban J connectivity index is 1.77. The Morgan fingerprint density at radius 3 is 2.47 bits per heavy atom. The summed E-state index contributed by atoms with van der Waals surface area (Å²) in [5.41, 5.74) is -5.61. The van der Waals surface area contributed by atoms with Crippen molar-refractivity contribution >= 4 is 22.9 Å². The Morgan fingerprint density at radius 1 is 1.04 bits per heavy atom. The summed E-state index contributed by atoms with van der Waals surface area (Å²) in [5, 5.41) is 7.40. The molecule has 16 heteroatoms. The zero-order chi connectivity index (χ0) is 40.0. The zero-order valence-electron chi connectivity index (χ0n) is 31.6. The molecule has 2 amide bonds. The van der Waals surface area contributed by atoms with E-state index < -0.39 is 91.1 Å². The summed E-state index contributed by atoms with van der Waals surface area (Å²) in [7, 11) is -2.05. The molecule has 0 saturated heterocycles. The summed E-state index contributed by atoms with van der Waals surface area (Å²) < 4.78 is 145. The first-order valence-electron chi connectivity index (χ1n) is 16.9. The van der Waals surface area contributed by atoms with Gasteiger partial charge in [-0.2, -0.15) is 23.1 Å². The number of hydrogen-bond acceptors (Lipinski definition) is 10. The van der Waals surface area contributed by atoms with Crippen molar-refractivity contribution in [1.29, 1.82) is 0 Å². The molecule has 2 N–H and O–H groups in total. The largest absolute Gasteiger partial charge is 0.480 e. The Hall–Kier alpha value is -5.54. The molecule has 0 atom stereocenters. The number of carbonyl (C=O) groups is 2.